The number of carboxylic acid groups (broad SMARTS) is 1. The van der Waals surface area contributed by atoms with Crippen molar-refractivity contribution in [1.82, 2.24) is 15.2 Å². The van der Waals surface area contributed by atoms with E-state index in [2.05, 4.69) is 21.4 Å². The van der Waals surface area contributed by atoms with E-state index in [1.807, 2.05) is 0 Å². The number of anilines is 1. The number of aromatic nitrogens is 1. The molecule has 0 aromatic carbocycles. The van der Waals surface area contributed by atoms with Gasteiger partial charge in [0.2, 0.25) is 0 Å². The number of aliphatic carboxylic acids is 1. The summed E-state index contributed by atoms with van der Waals surface area (Å²) in [5.41, 5.74) is 5.54. The second kappa shape index (κ2) is 9.71. The van der Waals surface area contributed by atoms with Crippen molar-refractivity contribution < 1.29 is 33.9 Å². The number of nitrogens with two attached hydrogens (primary N) is 1. The van der Waals surface area contributed by atoms with E-state index in [1.54, 1.807) is 0 Å². The summed E-state index contributed by atoms with van der Waals surface area (Å²) in [6, 6.07) is -1.01. The van der Waals surface area contributed by atoms with Crippen LogP contribution in [0.2, 0.25) is 0 Å². The number of esters is 1. The van der Waals surface area contributed by atoms with Gasteiger partial charge < -0.3 is 25.7 Å². The molecular weight excluding hydrogens is 462 g/mol. The number of nitrogen functional groups attached to an aromatic ring is 1. The van der Waals surface area contributed by atoms with Crippen LogP contribution in [0.5, 0.6) is 0 Å². The Morgan fingerprint density at radius 2 is 2.25 bits per heavy atom. The molecule has 0 radical (unpaired) electrons. The van der Waals surface area contributed by atoms with E-state index < -0.39 is 35.2 Å². The Morgan fingerprint density at radius 3 is 2.84 bits per heavy atom. The molecule has 1 fully saturated rings. The predicted molar refractivity (Wildman–Crippen MR) is 114 cm³/mol. The van der Waals surface area contributed by atoms with Crippen molar-refractivity contribution in [2.75, 3.05) is 24.7 Å². The van der Waals surface area contributed by atoms with Crippen LogP contribution in [0.1, 0.15) is 12.6 Å². The number of hydrogen-bond acceptors (Lipinski definition) is 11. The lowest BCUT2D eigenvalue weighted by molar-refractivity contribution is -0.150. The van der Waals surface area contributed by atoms with Crippen LogP contribution in [0.25, 0.3) is 0 Å². The molecule has 1 saturated heterocycles. The first-order valence-corrected chi connectivity index (χ1v) is 10.9. The molecular formula is C18H17N5O7S2. The van der Waals surface area contributed by atoms with Crippen LogP contribution in [0.15, 0.2) is 21.8 Å². The van der Waals surface area contributed by atoms with Gasteiger partial charge in [-0.25, -0.2) is 9.78 Å². The molecule has 2 amide bonds. The van der Waals surface area contributed by atoms with Gasteiger partial charge in [0.25, 0.3) is 11.8 Å². The Balaban J connectivity index is 1.78. The second-order valence-electron chi connectivity index (χ2n) is 6.39. The van der Waals surface area contributed by atoms with Gasteiger partial charge in [-0.3, -0.25) is 19.3 Å². The number of carbonyl (C=O) groups excluding carboxylic acids is 3. The molecule has 0 saturated carbocycles. The highest BCUT2D eigenvalue weighted by molar-refractivity contribution is 8.00. The average molecular weight is 479 g/mol. The minimum absolute atomic E-state index is 0.136. The van der Waals surface area contributed by atoms with Gasteiger partial charge in [-0.15, -0.1) is 29.5 Å². The Hall–Kier alpha value is -3.57. The van der Waals surface area contributed by atoms with Crippen LogP contribution in [0.3, 0.4) is 0 Å². The van der Waals surface area contributed by atoms with Gasteiger partial charge in [0.1, 0.15) is 29.4 Å². The molecule has 2 atom stereocenters. The van der Waals surface area contributed by atoms with Gasteiger partial charge >= 0.3 is 11.9 Å². The number of rotatable bonds is 8. The molecule has 4 N–H and O–H groups in total. The van der Waals surface area contributed by atoms with Gasteiger partial charge in [-0.2, -0.15) is 0 Å². The molecule has 0 bridgehead atoms. The lowest BCUT2D eigenvalue weighted by Crippen LogP contribution is -2.71. The maximum Gasteiger partial charge on any atom is 0.352 e. The lowest BCUT2D eigenvalue weighted by Gasteiger charge is -2.49. The van der Waals surface area contributed by atoms with Crippen LogP contribution in [-0.2, 0) is 28.8 Å². The zero-order valence-corrected chi connectivity index (χ0v) is 18.2. The number of ether oxygens (including phenoxy) is 1. The van der Waals surface area contributed by atoms with Crippen LogP contribution < -0.4 is 11.1 Å². The summed E-state index contributed by atoms with van der Waals surface area (Å²) in [6.07, 6.45) is 5.11. The van der Waals surface area contributed by atoms with E-state index in [0.717, 1.165) is 16.2 Å². The predicted octanol–water partition coefficient (Wildman–Crippen LogP) is -0.619. The largest absolute Gasteiger partial charge is 0.477 e. The number of oxime groups is 1. The minimum Gasteiger partial charge on any atom is -0.477 e. The van der Waals surface area contributed by atoms with E-state index in [9.17, 15) is 24.3 Å². The Bertz CT molecular complexity index is 1070. The first kappa shape index (κ1) is 23.1. The van der Waals surface area contributed by atoms with E-state index >= 15 is 0 Å². The molecule has 2 aliphatic rings. The molecule has 168 valence electrons. The monoisotopic (exact) mass is 479 g/mol. The number of nitrogens with zero attached hydrogens (tertiary/aromatic N) is 3. The molecule has 1 aromatic rings. The maximum atomic E-state index is 12.8. The van der Waals surface area contributed by atoms with Gasteiger partial charge in [0, 0.05) is 23.6 Å². The zero-order chi connectivity index (χ0) is 23.4. The molecule has 32 heavy (non-hydrogen) atoms. The maximum absolute atomic E-state index is 12.8. The molecule has 3 heterocycles. The van der Waals surface area contributed by atoms with Gasteiger partial charge in [-0.05, 0) is 0 Å². The topological polar surface area (TPSA) is 174 Å². The van der Waals surface area contributed by atoms with Crippen molar-refractivity contribution in [3.05, 3.63) is 22.3 Å². The summed E-state index contributed by atoms with van der Waals surface area (Å²) >= 11 is 2.31. The summed E-state index contributed by atoms with van der Waals surface area (Å²) in [5.74, 6) is -0.902. The number of nitrogens with one attached hydrogen (secondary N) is 1. The Morgan fingerprint density at radius 1 is 1.50 bits per heavy atom. The smallest absolute Gasteiger partial charge is 0.352 e. The summed E-state index contributed by atoms with van der Waals surface area (Å²) in [6.45, 7) is 0.761. The highest BCUT2D eigenvalue weighted by Gasteiger charge is 2.54. The highest BCUT2D eigenvalue weighted by atomic mass is 32.2. The summed E-state index contributed by atoms with van der Waals surface area (Å²) < 4.78 is 4.88. The van der Waals surface area contributed by atoms with Crippen LogP contribution in [-0.4, -0.2) is 74.8 Å². The summed E-state index contributed by atoms with van der Waals surface area (Å²) in [4.78, 5) is 58.3. The van der Waals surface area contributed by atoms with E-state index in [4.69, 9.17) is 21.7 Å². The number of amides is 2. The normalized spacial score (nSPS) is 20.1. The molecule has 2 aliphatic heterocycles. The quantitative estimate of drug-likeness (QED) is 0.109. The van der Waals surface area contributed by atoms with Crippen LogP contribution in [0.4, 0.5) is 5.13 Å². The third-order valence-electron chi connectivity index (χ3n) is 4.27. The third-order valence-corrected chi connectivity index (χ3v) is 6.28. The molecule has 14 heteroatoms. The number of carboxylic acids is 1. The number of β-lactam (4-membered cyclic amide) rings is 1. The molecule has 12 nitrogen and oxygen atoms in total. The molecule has 1 unspecified atom stereocenters. The minimum atomic E-state index is -1.33. The fourth-order valence-corrected chi connectivity index (χ4v) is 4.80. The van der Waals surface area contributed by atoms with Gasteiger partial charge in [0.05, 0.1) is 0 Å². The Kier molecular flexibility index (Phi) is 7.01. The molecule has 0 aliphatic carbocycles. The van der Waals surface area contributed by atoms with Crippen LogP contribution >= 0.6 is 23.1 Å². The highest BCUT2D eigenvalue weighted by Crippen LogP contribution is 2.40. The van der Waals surface area contributed by atoms with E-state index in [0.29, 0.717) is 0 Å². The fraction of sp³-hybridized carbons (Fsp3) is 0.333. The first-order chi connectivity index (χ1) is 15.2. The molecule has 0 spiro atoms. The number of carbonyl (C=O) groups is 4. The third kappa shape index (κ3) is 4.68. The number of hydrogen-bond donors (Lipinski definition) is 3. The molecule has 1 aromatic heterocycles. The summed E-state index contributed by atoms with van der Waals surface area (Å²) in [5, 5.41) is 16.8. The zero-order valence-electron chi connectivity index (χ0n) is 16.6. The van der Waals surface area contributed by atoms with Gasteiger partial charge in [-0.1, -0.05) is 11.1 Å². The fourth-order valence-electron chi connectivity index (χ4n) is 2.93. The second-order valence-corrected chi connectivity index (χ2v) is 8.38. The van der Waals surface area contributed by atoms with Gasteiger partial charge in [0.15, 0.2) is 17.5 Å². The Labute approximate surface area is 189 Å². The average Bonchev–Trinajstić information content (AvgIpc) is 3.18. The standard InChI is InChI=1S/C18H17N5O7S2/c1-3-4-30-22-11(10-7-32-18(19)20-10)14(25)21-12-15(26)23-13(17(27)28)9(5-29-8(2)24)6-31-16(12)23/h1,7,12,16H,4-6H2,2H3,(H2,19,20)(H,21,25)(H,27,28)/t12?,16-/m0/s1. The lowest BCUT2D eigenvalue weighted by atomic mass is 10.0. The number of fused-ring (bicyclic) bond motifs is 1. The van der Waals surface area contributed by atoms with E-state index in [1.165, 1.54) is 24.1 Å². The van der Waals surface area contributed by atoms with Crippen LogP contribution in [0, 0.1) is 12.3 Å². The number of thioether (sulfide) groups is 1. The number of thiazole rings is 1. The summed E-state index contributed by atoms with van der Waals surface area (Å²) in [7, 11) is 0. The van der Waals surface area contributed by atoms with E-state index in [-0.39, 0.29) is 46.8 Å². The van der Waals surface area contributed by atoms with Crippen molar-refractivity contribution in [2.24, 2.45) is 5.16 Å². The SMILES string of the molecule is C#CCON=C(C(=O)NC1C(=O)N2C(C(=O)O)=C(COC(C)=O)CS[C@@H]12)c1csc(N)n1. The van der Waals surface area contributed by atoms with Crippen molar-refractivity contribution in [1.29, 1.82) is 0 Å². The van der Waals surface area contributed by atoms with Crippen molar-refractivity contribution in [2.45, 2.75) is 18.3 Å². The number of terminal acetylenes is 1. The van der Waals surface area contributed by atoms with Crippen molar-refractivity contribution in [3.63, 3.8) is 0 Å². The van der Waals surface area contributed by atoms with Crippen molar-refractivity contribution in [3.8, 4) is 12.3 Å². The molecule has 3 rings (SSSR count). The first-order valence-electron chi connectivity index (χ1n) is 8.93. The van der Waals surface area contributed by atoms with Crippen molar-refractivity contribution >= 4 is 57.7 Å².